The van der Waals surface area contributed by atoms with E-state index in [-0.39, 0.29) is 17.4 Å². The average molecular weight is 479 g/mol. The van der Waals surface area contributed by atoms with Gasteiger partial charge in [-0.05, 0) is 60.5 Å². The number of rotatable bonds is 4. The van der Waals surface area contributed by atoms with Crippen LogP contribution in [0.25, 0.3) is 38.8 Å². The maximum Gasteiger partial charge on any atom is 0.336 e. The summed E-state index contributed by atoms with van der Waals surface area (Å²) < 4.78 is 27.4. The number of halogens is 1. The van der Waals surface area contributed by atoms with Gasteiger partial charge in [-0.25, -0.2) is 19.2 Å². The molecule has 0 atom stereocenters. The van der Waals surface area contributed by atoms with Gasteiger partial charge in [0.05, 0.1) is 5.39 Å². The standard InChI is InChI=1S/C28H18FN3O4/c1-16-11-25(34)36-24-13-21(9-10-22(16)24)35-28-26-23(17-5-7-20(33)8-6-17)14-32(27(26)30-15-31-28)19-4-2-3-18(29)12-19/h2-15,33H,1H3. The molecule has 0 fully saturated rings. The Morgan fingerprint density at radius 1 is 1.00 bits per heavy atom. The van der Waals surface area contributed by atoms with E-state index < -0.39 is 5.63 Å². The number of ether oxygens (including phenoxy) is 1. The van der Waals surface area contributed by atoms with E-state index in [4.69, 9.17) is 9.15 Å². The Balaban J connectivity index is 1.56. The summed E-state index contributed by atoms with van der Waals surface area (Å²) in [5.41, 5.74) is 3.37. The van der Waals surface area contributed by atoms with Crippen molar-refractivity contribution in [2.75, 3.05) is 0 Å². The number of nitrogens with zero attached hydrogens (tertiary/aromatic N) is 3. The number of benzene rings is 3. The molecule has 36 heavy (non-hydrogen) atoms. The summed E-state index contributed by atoms with van der Waals surface area (Å²) >= 11 is 0. The molecule has 0 aliphatic carbocycles. The predicted molar refractivity (Wildman–Crippen MR) is 133 cm³/mol. The molecule has 0 bridgehead atoms. The van der Waals surface area contributed by atoms with Gasteiger partial charge in [-0.1, -0.05) is 18.2 Å². The van der Waals surface area contributed by atoms with Crippen molar-refractivity contribution in [3.8, 4) is 34.2 Å². The topological polar surface area (TPSA) is 90.4 Å². The van der Waals surface area contributed by atoms with Crippen LogP contribution in [0.3, 0.4) is 0 Å². The third-order valence-electron chi connectivity index (χ3n) is 5.95. The Morgan fingerprint density at radius 2 is 1.83 bits per heavy atom. The van der Waals surface area contributed by atoms with Gasteiger partial charge in [0.1, 0.15) is 29.2 Å². The van der Waals surface area contributed by atoms with Crippen LogP contribution < -0.4 is 10.4 Å². The molecule has 6 rings (SSSR count). The minimum Gasteiger partial charge on any atom is -0.508 e. The van der Waals surface area contributed by atoms with Crippen LogP contribution in [-0.2, 0) is 0 Å². The zero-order chi connectivity index (χ0) is 24.8. The van der Waals surface area contributed by atoms with Crippen LogP contribution >= 0.6 is 0 Å². The lowest BCUT2D eigenvalue weighted by Crippen LogP contribution is -1.98. The predicted octanol–water partition coefficient (Wildman–Crippen LogP) is 6.14. The molecule has 3 heterocycles. The molecule has 0 saturated carbocycles. The first-order chi connectivity index (χ1) is 17.5. The number of phenols is 1. The van der Waals surface area contributed by atoms with Crippen LogP contribution in [0, 0.1) is 12.7 Å². The summed E-state index contributed by atoms with van der Waals surface area (Å²) in [6, 6.07) is 19.6. The lowest BCUT2D eigenvalue weighted by Gasteiger charge is -2.09. The monoisotopic (exact) mass is 479 g/mol. The number of aromatic hydroxyl groups is 1. The largest absolute Gasteiger partial charge is 0.508 e. The smallest absolute Gasteiger partial charge is 0.336 e. The first-order valence-corrected chi connectivity index (χ1v) is 11.1. The van der Waals surface area contributed by atoms with Crippen molar-refractivity contribution >= 4 is 22.0 Å². The molecule has 3 aromatic heterocycles. The van der Waals surface area contributed by atoms with Crippen molar-refractivity contribution in [1.29, 1.82) is 0 Å². The second kappa shape index (κ2) is 8.35. The Hall–Kier alpha value is -4.98. The Kier molecular flexibility index (Phi) is 5.00. The van der Waals surface area contributed by atoms with Gasteiger partial charge in [-0.3, -0.25) is 0 Å². The third-order valence-corrected chi connectivity index (χ3v) is 5.95. The minimum absolute atomic E-state index is 0.133. The molecule has 8 heteroatoms. The maximum absolute atomic E-state index is 14.0. The van der Waals surface area contributed by atoms with Gasteiger partial charge in [0.25, 0.3) is 0 Å². The van der Waals surface area contributed by atoms with E-state index in [0.29, 0.717) is 28.1 Å². The van der Waals surface area contributed by atoms with Gasteiger partial charge in [0.15, 0.2) is 5.65 Å². The van der Waals surface area contributed by atoms with E-state index in [1.54, 1.807) is 53.1 Å². The van der Waals surface area contributed by atoms with Crippen molar-refractivity contribution in [2.45, 2.75) is 6.92 Å². The highest BCUT2D eigenvalue weighted by molar-refractivity contribution is 5.98. The lowest BCUT2D eigenvalue weighted by molar-refractivity contribution is 0.466. The number of hydrogen-bond donors (Lipinski definition) is 1. The van der Waals surface area contributed by atoms with Crippen LogP contribution in [-0.4, -0.2) is 19.6 Å². The average Bonchev–Trinajstić information content (AvgIpc) is 3.25. The summed E-state index contributed by atoms with van der Waals surface area (Å²) in [7, 11) is 0. The molecule has 7 nitrogen and oxygen atoms in total. The number of fused-ring (bicyclic) bond motifs is 2. The molecular formula is C28H18FN3O4. The van der Waals surface area contributed by atoms with E-state index in [9.17, 15) is 14.3 Å². The van der Waals surface area contributed by atoms with E-state index in [0.717, 1.165) is 22.1 Å². The summed E-state index contributed by atoms with van der Waals surface area (Å²) in [4.78, 5) is 20.7. The zero-order valence-electron chi connectivity index (χ0n) is 19.0. The van der Waals surface area contributed by atoms with Gasteiger partial charge >= 0.3 is 5.63 Å². The number of phenolic OH excluding ortho intramolecular Hbond substituents is 1. The molecule has 0 aliphatic rings. The normalized spacial score (nSPS) is 11.3. The number of aryl methyl sites for hydroxylation is 1. The fourth-order valence-corrected chi connectivity index (χ4v) is 4.27. The van der Waals surface area contributed by atoms with E-state index in [2.05, 4.69) is 9.97 Å². The fraction of sp³-hybridized carbons (Fsp3) is 0.0357. The van der Waals surface area contributed by atoms with Crippen molar-refractivity contribution < 1.29 is 18.7 Å². The van der Waals surface area contributed by atoms with Crippen LogP contribution in [0.1, 0.15) is 5.56 Å². The fourth-order valence-electron chi connectivity index (χ4n) is 4.27. The molecule has 6 aromatic rings. The highest BCUT2D eigenvalue weighted by Crippen LogP contribution is 2.38. The van der Waals surface area contributed by atoms with E-state index in [1.165, 1.54) is 24.5 Å². The van der Waals surface area contributed by atoms with E-state index in [1.807, 2.05) is 19.2 Å². The van der Waals surface area contributed by atoms with Crippen LogP contribution in [0.15, 0.2) is 94.5 Å². The number of aromatic nitrogens is 3. The van der Waals surface area contributed by atoms with Crippen molar-refractivity contribution in [3.05, 3.63) is 107 Å². The first kappa shape index (κ1) is 21.5. The van der Waals surface area contributed by atoms with Gasteiger partial charge in [-0.2, -0.15) is 0 Å². The van der Waals surface area contributed by atoms with Gasteiger partial charge in [-0.15, -0.1) is 0 Å². The van der Waals surface area contributed by atoms with Crippen molar-refractivity contribution in [3.63, 3.8) is 0 Å². The molecule has 0 radical (unpaired) electrons. The zero-order valence-corrected chi connectivity index (χ0v) is 19.0. The summed E-state index contributed by atoms with van der Waals surface area (Å²) in [6.45, 7) is 1.84. The third kappa shape index (κ3) is 3.74. The molecule has 176 valence electrons. The SMILES string of the molecule is Cc1cc(=O)oc2cc(Oc3ncnc4c3c(-c3ccc(O)cc3)cn4-c3cccc(F)c3)ccc12. The Labute approximate surface area is 203 Å². The summed E-state index contributed by atoms with van der Waals surface area (Å²) in [5, 5.41) is 11.2. The molecule has 3 aromatic carbocycles. The highest BCUT2D eigenvalue weighted by Gasteiger charge is 2.19. The second-order valence-electron chi connectivity index (χ2n) is 8.33. The van der Waals surface area contributed by atoms with E-state index >= 15 is 0 Å². The molecular weight excluding hydrogens is 461 g/mol. The number of hydrogen-bond acceptors (Lipinski definition) is 6. The van der Waals surface area contributed by atoms with Gasteiger partial charge < -0.3 is 18.8 Å². The van der Waals surface area contributed by atoms with Crippen molar-refractivity contribution in [1.82, 2.24) is 14.5 Å². The van der Waals surface area contributed by atoms with Crippen LogP contribution in [0.2, 0.25) is 0 Å². The highest BCUT2D eigenvalue weighted by atomic mass is 19.1. The first-order valence-electron chi connectivity index (χ1n) is 11.1. The minimum atomic E-state index is -0.441. The second-order valence-corrected chi connectivity index (χ2v) is 8.33. The lowest BCUT2D eigenvalue weighted by atomic mass is 10.1. The molecule has 0 spiro atoms. The molecule has 0 aliphatic heterocycles. The van der Waals surface area contributed by atoms with Gasteiger partial charge in [0.2, 0.25) is 5.88 Å². The molecule has 0 unspecified atom stereocenters. The summed E-state index contributed by atoms with van der Waals surface area (Å²) in [5.74, 6) is 0.450. The maximum atomic E-state index is 14.0. The molecule has 0 amide bonds. The van der Waals surface area contributed by atoms with Crippen LogP contribution in [0.5, 0.6) is 17.4 Å². The van der Waals surface area contributed by atoms with Crippen LogP contribution in [0.4, 0.5) is 4.39 Å². The van der Waals surface area contributed by atoms with Gasteiger partial charge in [0, 0.05) is 35.0 Å². The summed E-state index contributed by atoms with van der Waals surface area (Å²) in [6.07, 6.45) is 3.20. The Morgan fingerprint density at radius 3 is 2.64 bits per heavy atom. The quantitative estimate of drug-likeness (QED) is 0.306. The van der Waals surface area contributed by atoms with Crippen molar-refractivity contribution in [2.24, 2.45) is 0 Å². The molecule has 0 saturated heterocycles. The Bertz CT molecular complexity index is 1820. The molecule has 1 N–H and O–H groups in total.